The van der Waals surface area contributed by atoms with Crippen LogP contribution in [-0.2, 0) is 14.8 Å². The molecule has 2 rings (SSSR count). The minimum Gasteiger partial charge on any atom is -0.350 e. The van der Waals surface area contributed by atoms with Crippen LogP contribution in [-0.4, -0.2) is 37.8 Å². The van der Waals surface area contributed by atoms with Gasteiger partial charge < -0.3 is 5.73 Å². The number of amides is 3. The second-order valence-corrected chi connectivity index (χ2v) is 6.91. The molecule has 1 aromatic rings. The van der Waals surface area contributed by atoms with E-state index in [0.29, 0.717) is 12.8 Å². The summed E-state index contributed by atoms with van der Waals surface area (Å²) < 4.78 is 26.2. The third-order valence-electron chi connectivity index (χ3n) is 3.51. The number of carbonyl (C=O) groups excluding carboxylic acids is 2. The van der Waals surface area contributed by atoms with Crippen molar-refractivity contribution in [3.63, 3.8) is 0 Å². The topological polar surface area (TPSA) is 122 Å². The van der Waals surface area contributed by atoms with E-state index >= 15 is 0 Å². The summed E-state index contributed by atoms with van der Waals surface area (Å²) in [6.45, 7) is 0.512. The zero-order valence-electron chi connectivity index (χ0n) is 11.9. The lowest BCUT2D eigenvalue weighted by atomic mass is 9.98. The van der Waals surface area contributed by atoms with E-state index in [2.05, 4.69) is 5.43 Å². The van der Waals surface area contributed by atoms with Gasteiger partial charge in [0.25, 0.3) is 0 Å². The number of nitrogens with one attached hydrogen (secondary N) is 2. The van der Waals surface area contributed by atoms with Crippen LogP contribution in [0.4, 0.5) is 4.79 Å². The number of nitrogens with zero attached hydrogens (tertiary/aromatic N) is 1. The van der Waals surface area contributed by atoms with Crippen molar-refractivity contribution in [2.75, 3.05) is 13.1 Å². The highest BCUT2D eigenvalue weighted by atomic mass is 32.2. The van der Waals surface area contributed by atoms with Crippen LogP contribution in [0.2, 0.25) is 0 Å². The summed E-state index contributed by atoms with van der Waals surface area (Å²) in [7, 11) is -3.52. The molecule has 9 heteroatoms. The summed E-state index contributed by atoms with van der Waals surface area (Å²) in [5.74, 6) is -0.718. The van der Waals surface area contributed by atoms with Crippen LogP contribution in [0.25, 0.3) is 0 Å². The number of hydrogen-bond acceptors (Lipinski definition) is 4. The molecule has 1 aliphatic heterocycles. The standard InChI is InChI=1S/C13H18N4O4S/c14-13(19)16-15-12(18)10-6-8-17(9-7-10)22(20,21)11-4-2-1-3-5-11/h1-5,10H,6-9H2,(H,15,18)(H3,14,16,19). The lowest BCUT2D eigenvalue weighted by Crippen LogP contribution is -2.49. The van der Waals surface area contributed by atoms with Crippen LogP contribution in [0.5, 0.6) is 0 Å². The molecule has 0 radical (unpaired) electrons. The first-order valence-corrected chi connectivity index (χ1v) is 8.26. The van der Waals surface area contributed by atoms with Gasteiger partial charge in [0, 0.05) is 19.0 Å². The van der Waals surface area contributed by atoms with Gasteiger partial charge in [0.15, 0.2) is 0 Å². The van der Waals surface area contributed by atoms with Gasteiger partial charge in [-0.05, 0) is 25.0 Å². The molecule has 22 heavy (non-hydrogen) atoms. The lowest BCUT2D eigenvalue weighted by Gasteiger charge is -2.30. The molecule has 0 spiro atoms. The van der Waals surface area contributed by atoms with Crippen molar-refractivity contribution in [2.24, 2.45) is 11.7 Å². The van der Waals surface area contributed by atoms with E-state index in [9.17, 15) is 18.0 Å². The molecule has 120 valence electrons. The first kappa shape index (κ1) is 16.2. The third kappa shape index (κ3) is 3.74. The van der Waals surface area contributed by atoms with Gasteiger partial charge in [0.1, 0.15) is 0 Å². The number of rotatable bonds is 3. The van der Waals surface area contributed by atoms with E-state index < -0.39 is 16.1 Å². The predicted octanol–water partition coefficient (Wildman–Crippen LogP) is -0.213. The van der Waals surface area contributed by atoms with Gasteiger partial charge in [-0.1, -0.05) is 18.2 Å². The van der Waals surface area contributed by atoms with Gasteiger partial charge in [-0.3, -0.25) is 10.2 Å². The summed E-state index contributed by atoms with van der Waals surface area (Å²) in [5, 5.41) is 0. The molecule has 0 unspecified atom stereocenters. The Labute approximate surface area is 128 Å². The first-order chi connectivity index (χ1) is 10.4. The molecule has 8 nitrogen and oxygen atoms in total. The minimum absolute atomic E-state index is 0.244. The highest BCUT2D eigenvalue weighted by Gasteiger charge is 2.31. The monoisotopic (exact) mass is 326 g/mol. The van der Waals surface area contributed by atoms with Crippen LogP contribution in [0.15, 0.2) is 35.2 Å². The van der Waals surface area contributed by atoms with Crippen LogP contribution in [0.1, 0.15) is 12.8 Å². The Morgan fingerprint density at radius 3 is 2.23 bits per heavy atom. The van der Waals surface area contributed by atoms with E-state index in [0.717, 1.165) is 0 Å². The van der Waals surface area contributed by atoms with Crippen molar-refractivity contribution in [3.05, 3.63) is 30.3 Å². The molecule has 0 saturated carbocycles. The summed E-state index contributed by atoms with van der Waals surface area (Å²) in [4.78, 5) is 22.6. The van der Waals surface area contributed by atoms with Crippen LogP contribution in [0, 0.1) is 5.92 Å². The average molecular weight is 326 g/mol. The Balaban J connectivity index is 1.95. The van der Waals surface area contributed by atoms with Gasteiger partial charge in [-0.2, -0.15) is 4.31 Å². The lowest BCUT2D eigenvalue weighted by molar-refractivity contribution is -0.126. The Hall–Kier alpha value is -2.13. The average Bonchev–Trinajstić information content (AvgIpc) is 2.53. The zero-order chi connectivity index (χ0) is 16.2. The summed E-state index contributed by atoms with van der Waals surface area (Å²) in [6.07, 6.45) is 0.774. The molecule has 0 aromatic heterocycles. The number of piperidine rings is 1. The molecule has 4 N–H and O–H groups in total. The van der Waals surface area contributed by atoms with Crippen molar-refractivity contribution in [1.29, 1.82) is 0 Å². The quantitative estimate of drug-likeness (QED) is 0.665. The van der Waals surface area contributed by atoms with E-state index in [1.165, 1.54) is 4.31 Å². The maximum Gasteiger partial charge on any atom is 0.330 e. The zero-order valence-corrected chi connectivity index (χ0v) is 12.7. The number of carbonyl (C=O) groups is 2. The maximum absolute atomic E-state index is 12.4. The van der Waals surface area contributed by atoms with Gasteiger partial charge >= 0.3 is 6.03 Å². The van der Waals surface area contributed by atoms with Crippen molar-refractivity contribution in [2.45, 2.75) is 17.7 Å². The molecule has 1 heterocycles. The molecular formula is C13H18N4O4S. The van der Waals surface area contributed by atoms with E-state index in [4.69, 9.17) is 5.73 Å². The molecule has 1 fully saturated rings. The normalized spacial score (nSPS) is 16.9. The Morgan fingerprint density at radius 2 is 1.68 bits per heavy atom. The summed E-state index contributed by atoms with van der Waals surface area (Å²) in [6, 6.07) is 7.33. The van der Waals surface area contributed by atoms with Crippen LogP contribution < -0.4 is 16.6 Å². The van der Waals surface area contributed by atoms with Gasteiger partial charge in [-0.15, -0.1) is 0 Å². The van der Waals surface area contributed by atoms with Crippen molar-refractivity contribution < 1.29 is 18.0 Å². The smallest absolute Gasteiger partial charge is 0.330 e. The van der Waals surface area contributed by atoms with Gasteiger partial charge in [0.05, 0.1) is 4.90 Å². The van der Waals surface area contributed by atoms with Crippen LogP contribution >= 0.6 is 0 Å². The fourth-order valence-electron chi connectivity index (χ4n) is 2.33. The first-order valence-electron chi connectivity index (χ1n) is 6.82. The number of benzene rings is 1. The fourth-order valence-corrected chi connectivity index (χ4v) is 3.82. The van der Waals surface area contributed by atoms with Crippen LogP contribution in [0.3, 0.4) is 0 Å². The highest BCUT2D eigenvalue weighted by Crippen LogP contribution is 2.23. The van der Waals surface area contributed by atoms with Gasteiger partial charge in [0.2, 0.25) is 15.9 Å². The molecule has 1 saturated heterocycles. The Morgan fingerprint density at radius 1 is 1.09 bits per heavy atom. The molecule has 0 bridgehead atoms. The van der Waals surface area contributed by atoms with Crippen molar-refractivity contribution in [3.8, 4) is 0 Å². The minimum atomic E-state index is -3.52. The number of primary amides is 1. The second kappa shape index (κ2) is 6.75. The molecular weight excluding hydrogens is 308 g/mol. The Bertz CT molecular complexity index is 639. The van der Waals surface area contributed by atoms with E-state index in [-0.39, 0.29) is 29.8 Å². The maximum atomic E-state index is 12.4. The number of hydrazine groups is 1. The van der Waals surface area contributed by atoms with E-state index in [1.54, 1.807) is 30.3 Å². The molecule has 0 atom stereocenters. The number of sulfonamides is 1. The molecule has 1 aromatic carbocycles. The molecule has 1 aliphatic rings. The summed E-state index contributed by atoms with van der Waals surface area (Å²) in [5.41, 5.74) is 9.08. The predicted molar refractivity (Wildman–Crippen MR) is 78.8 cm³/mol. The molecule has 3 amide bonds. The number of hydrogen-bond donors (Lipinski definition) is 3. The van der Waals surface area contributed by atoms with E-state index in [1.807, 2.05) is 5.43 Å². The largest absolute Gasteiger partial charge is 0.350 e. The number of urea groups is 1. The second-order valence-electron chi connectivity index (χ2n) is 4.97. The third-order valence-corrected chi connectivity index (χ3v) is 5.43. The highest BCUT2D eigenvalue weighted by molar-refractivity contribution is 7.89. The molecule has 0 aliphatic carbocycles. The Kier molecular flexibility index (Phi) is 4.99. The van der Waals surface area contributed by atoms with Gasteiger partial charge in [-0.25, -0.2) is 18.6 Å². The van der Waals surface area contributed by atoms with Crippen molar-refractivity contribution >= 4 is 22.0 Å². The summed E-state index contributed by atoms with van der Waals surface area (Å²) >= 11 is 0. The SMILES string of the molecule is NC(=O)NNC(=O)C1CCN(S(=O)(=O)c2ccccc2)CC1. The van der Waals surface area contributed by atoms with Crippen molar-refractivity contribution in [1.82, 2.24) is 15.2 Å². The number of nitrogens with two attached hydrogens (primary N) is 1. The fraction of sp³-hybridized carbons (Fsp3) is 0.385.